The van der Waals surface area contributed by atoms with Crippen LogP contribution in [0.4, 0.5) is 0 Å². The molecule has 6 heteroatoms. The first-order valence-corrected chi connectivity index (χ1v) is 8.53. The van der Waals surface area contributed by atoms with E-state index in [1.165, 1.54) is 4.90 Å². The van der Waals surface area contributed by atoms with E-state index in [9.17, 15) is 4.79 Å². The summed E-state index contributed by atoms with van der Waals surface area (Å²) < 4.78 is 5.44. The lowest BCUT2D eigenvalue weighted by atomic mass is 10.2. The normalized spacial score (nSPS) is 10.7. The Labute approximate surface area is 144 Å². The zero-order chi connectivity index (χ0) is 16.7. The second-order valence-corrected chi connectivity index (χ2v) is 6.08. The van der Waals surface area contributed by atoms with Crippen LogP contribution in [0.15, 0.2) is 52.5 Å². The average molecular weight is 349 g/mol. The van der Waals surface area contributed by atoms with Crippen LogP contribution < -0.4 is 10.2 Å². The van der Waals surface area contributed by atoms with Crippen LogP contribution in [0.25, 0.3) is 0 Å². The van der Waals surface area contributed by atoms with Gasteiger partial charge in [0.05, 0.1) is 6.21 Å². The van der Waals surface area contributed by atoms with Crippen molar-refractivity contribution in [3.05, 3.63) is 58.6 Å². The van der Waals surface area contributed by atoms with Crippen molar-refractivity contribution in [2.75, 3.05) is 12.9 Å². The van der Waals surface area contributed by atoms with Gasteiger partial charge in [-0.1, -0.05) is 23.7 Å². The lowest BCUT2D eigenvalue weighted by Gasteiger charge is -2.08. The van der Waals surface area contributed by atoms with Crippen molar-refractivity contribution in [3.63, 3.8) is 0 Å². The number of carbonyl (C=O) groups is 1. The number of halogens is 1. The van der Waals surface area contributed by atoms with E-state index >= 15 is 0 Å². The molecule has 2 aromatic rings. The zero-order valence-corrected chi connectivity index (χ0v) is 14.4. The molecule has 0 aliphatic carbocycles. The SMILES string of the molecule is CSc1ccc(/C=N/NC(=O)COc2ccc(Cl)cc2C)cc1. The minimum absolute atomic E-state index is 0.106. The van der Waals surface area contributed by atoms with Crippen molar-refractivity contribution in [1.82, 2.24) is 5.43 Å². The summed E-state index contributed by atoms with van der Waals surface area (Å²) in [6.45, 7) is 1.76. The van der Waals surface area contributed by atoms with Crippen LogP contribution in [-0.4, -0.2) is 25.0 Å². The van der Waals surface area contributed by atoms with Crippen molar-refractivity contribution in [2.24, 2.45) is 5.10 Å². The summed E-state index contributed by atoms with van der Waals surface area (Å²) in [4.78, 5) is 12.9. The van der Waals surface area contributed by atoms with Gasteiger partial charge in [0.15, 0.2) is 6.61 Å². The molecule has 2 rings (SSSR count). The van der Waals surface area contributed by atoms with E-state index < -0.39 is 0 Å². The van der Waals surface area contributed by atoms with Crippen molar-refractivity contribution < 1.29 is 9.53 Å². The number of hydrogen-bond donors (Lipinski definition) is 1. The summed E-state index contributed by atoms with van der Waals surface area (Å²) >= 11 is 7.54. The number of carbonyl (C=O) groups excluding carboxylic acids is 1. The molecule has 0 heterocycles. The Hall–Kier alpha value is -1.98. The predicted octanol–water partition coefficient (Wildman–Crippen LogP) is 3.90. The van der Waals surface area contributed by atoms with Gasteiger partial charge in [-0.25, -0.2) is 5.43 Å². The van der Waals surface area contributed by atoms with E-state index in [2.05, 4.69) is 10.5 Å². The molecule has 0 aliphatic heterocycles. The van der Waals surface area contributed by atoms with Crippen LogP contribution >= 0.6 is 23.4 Å². The minimum atomic E-state index is -0.323. The number of hydrogen-bond acceptors (Lipinski definition) is 4. The van der Waals surface area contributed by atoms with Crippen LogP contribution in [-0.2, 0) is 4.79 Å². The number of benzene rings is 2. The summed E-state index contributed by atoms with van der Waals surface area (Å²) in [5.74, 6) is 0.303. The molecule has 1 amide bonds. The van der Waals surface area contributed by atoms with E-state index in [-0.39, 0.29) is 12.5 Å². The van der Waals surface area contributed by atoms with Crippen LogP contribution in [0, 0.1) is 6.92 Å². The zero-order valence-electron chi connectivity index (χ0n) is 12.9. The fraction of sp³-hybridized carbons (Fsp3) is 0.176. The third kappa shape index (κ3) is 5.62. The van der Waals surface area contributed by atoms with Crippen LogP contribution in [0.3, 0.4) is 0 Å². The molecule has 23 heavy (non-hydrogen) atoms. The van der Waals surface area contributed by atoms with Crippen molar-refractivity contribution in [1.29, 1.82) is 0 Å². The number of ether oxygens (including phenoxy) is 1. The Bertz CT molecular complexity index is 702. The van der Waals surface area contributed by atoms with Gasteiger partial charge in [-0.05, 0) is 54.6 Å². The third-order valence-corrected chi connectivity index (χ3v) is 3.99. The molecule has 0 aliphatic rings. The highest BCUT2D eigenvalue weighted by molar-refractivity contribution is 7.98. The summed E-state index contributed by atoms with van der Waals surface area (Å²) in [5, 5.41) is 4.55. The first kappa shape index (κ1) is 17.4. The number of thioether (sulfide) groups is 1. The molecule has 0 unspecified atom stereocenters. The molecule has 0 atom stereocenters. The van der Waals surface area contributed by atoms with E-state index in [0.29, 0.717) is 10.8 Å². The maximum absolute atomic E-state index is 11.7. The Balaban J connectivity index is 1.81. The molecule has 1 N–H and O–H groups in total. The minimum Gasteiger partial charge on any atom is -0.483 e. The van der Waals surface area contributed by atoms with Crippen LogP contribution in [0.1, 0.15) is 11.1 Å². The highest BCUT2D eigenvalue weighted by atomic mass is 35.5. The third-order valence-electron chi connectivity index (χ3n) is 3.01. The summed E-state index contributed by atoms with van der Waals surface area (Å²) in [7, 11) is 0. The van der Waals surface area contributed by atoms with Gasteiger partial charge < -0.3 is 4.74 Å². The monoisotopic (exact) mass is 348 g/mol. The average Bonchev–Trinajstić information content (AvgIpc) is 2.54. The lowest BCUT2D eigenvalue weighted by Crippen LogP contribution is -2.24. The van der Waals surface area contributed by atoms with E-state index in [0.717, 1.165) is 11.1 Å². The number of amides is 1. The molecule has 0 radical (unpaired) electrons. The topological polar surface area (TPSA) is 50.7 Å². The largest absolute Gasteiger partial charge is 0.483 e. The molecular weight excluding hydrogens is 332 g/mol. The van der Waals surface area contributed by atoms with Gasteiger partial charge in [0.25, 0.3) is 5.91 Å². The van der Waals surface area contributed by atoms with Gasteiger partial charge in [-0.2, -0.15) is 5.10 Å². The second kappa shape index (κ2) is 8.60. The van der Waals surface area contributed by atoms with E-state index in [4.69, 9.17) is 16.3 Å². The number of hydrazone groups is 1. The summed E-state index contributed by atoms with van der Waals surface area (Å²) in [6.07, 6.45) is 3.61. The first-order valence-electron chi connectivity index (χ1n) is 6.93. The van der Waals surface area contributed by atoms with Gasteiger partial charge in [0, 0.05) is 9.92 Å². The molecule has 120 valence electrons. The number of nitrogens with one attached hydrogen (secondary N) is 1. The standard InChI is InChI=1S/C17H17ClN2O2S/c1-12-9-14(18)5-8-16(12)22-11-17(21)20-19-10-13-3-6-15(23-2)7-4-13/h3-10H,11H2,1-2H3,(H,20,21)/b19-10+. The smallest absolute Gasteiger partial charge is 0.277 e. The Morgan fingerprint density at radius 1 is 1.30 bits per heavy atom. The predicted molar refractivity (Wildman–Crippen MR) is 95.6 cm³/mol. The quantitative estimate of drug-likeness (QED) is 0.489. The highest BCUT2D eigenvalue weighted by Gasteiger charge is 2.04. The Morgan fingerprint density at radius 3 is 2.70 bits per heavy atom. The van der Waals surface area contributed by atoms with E-state index in [1.54, 1.807) is 36.2 Å². The van der Waals surface area contributed by atoms with Gasteiger partial charge in [0.2, 0.25) is 0 Å². The molecule has 0 aromatic heterocycles. The van der Waals surface area contributed by atoms with Gasteiger partial charge >= 0.3 is 0 Å². The van der Waals surface area contributed by atoms with Gasteiger partial charge in [-0.3, -0.25) is 4.79 Å². The van der Waals surface area contributed by atoms with E-state index in [1.807, 2.05) is 37.4 Å². The van der Waals surface area contributed by atoms with Crippen molar-refractivity contribution in [3.8, 4) is 5.75 Å². The molecule has 4 nitrogen and oxygen atoms in total. The van der Waals surface area contributed by atoms with Gasteiger partial charge in [0.1, 0.15) is 5.75 Å². The number of rotatable bonds is 6. The molecule has 2 aromatic carbocycles. The molecule has 0 bridgehead atoms. The number of aryl methyl sites for hydroxylation is 1. The first-order chi connectivity index (χ1) is 11.1. The Morgan fingerprint density at radius 2 is 2.04 bits per heavy atom. The van der Waals surface area contributed by atoms with Crippen molar-refractivity contribution >= 4 is 35.5 Å². The van der Waals surface area contributed by atoms with Crippen LogP contribution in [0.2, 0.25) is 5.02 Å². The maximum atomic E-state index is 11.7. The molecular formula is C17H17ClN2O2S. The summed E-state index contributed by atoms with van der Waals surface area (Å²) in [5.41, 5.74) is 4.23. The van der Waals surface area contributed by atoms with Crippen molar-refractivity contribution in [2.45, 2.75) is 11.8 Å². The summed E-state index contributed by atoms with van der Waals surface area (Å²) in [6, 6.07) is 13.1. The number of nitrogens with zero attached hydrogens (tertiary/aromatic N) is 1. The molecule has 0 spiro atoms. The Kier molecular flexibility index (Phi) is 6.50. The van der Waals surface area contributed by atoms with Gasteiger partial charge in [-0.15, -0.1) is 11.8 Å². The lowest BCUT2D eigenvalue weighted by molar-refractivity contribution is -0.123. The fourth-order valence-electron chi connectivity index (χ4n) is 1.82. The second-order valence-electron chi connectivity index (χ2n) is 4.76. The molecule has 0 saturated heterocycles. The highest BCUT2D eigenvalue weighted by Crippen LogP contribution is 2.21. The van der Waals surface area contributed by atoms with Crippen LogP contribution in [0.5, 0.6) is 5.75 Å². The fourth-order valence-corrected chi connectivity index (χ4v) is 2.45. The molecule has 0 fully saturated rings. The maximum Gasteiger partial charge on any atom is 0.277 e. The molecule has 0 saturated carbocycles.